The van der Waals surface area contributed by atoms with Gasteiger partial charge in [0.05, 0.1) is 16.6 Å². The molecule has 6 nitrogen and oxygen atoms in total. The SMILES string of the molecule is CC(=O)[C@H](CC(C)C)NC(=O)CCC[C@@H](C)N(c1cc(I)ccc1F)S(=O)(=O)c1ccc(Cl)cc1. The predicted octanol–water partition coefficient (Wildman–Crippen LogP) is 5.96. The Kier molecular flexibility index (Phi) is 11.0. The van der Waals surface area contributed by atoms with Crippen molar-refractivity contribution in [1.82, 2.24) is 5.32 Å². The summed E-state index contributed by atoms with van der Waals surface area (Å²) in [5.74, 6) is -0.787. The first-order valence-corrected chi connectivity index (χ1v) is 14.3. The zero-order chi connectivity index (χ0) is 26.3. The van der Waals surface area contributed by atoms with Crippen LogP contribution in [0.1, 0.15) is 53.4 Å². The van der Waals surface area contributed by atoms with Gasteiger partial charge in [0.2, 0.25) is 5.91 Å². The third-order valence-corrected chi connectivity index (χ3v) is 8.34. The highest BCUT2D eigenvalue weighted by atomic mass is 127. The highest BCUT2D eigenvalue weighted by Gasteiger charge is 2.31. The molecule has 0 fully saturated rings. The van der Waals surface area contributed by atoms with E-state index in [1.807, 2.05) is 36.4 Å². The van der Waals surface area contributed by atoms with Crippen molar-refractivity contribution in [2.24, 2.45) is 5.92 Å². The Morgan fingerprint density at radius 1 is 1.11 bits per heavy atom. The first-order chi connectivity index (χ1) is 16.3. The maximum atomic E-state index is 14.8. The Labute approximate surface area is 225 Å². The van der Waals surface area contributed by atoms with Crippen LogP contribution < -0.4 is 9.62 Å². The lowest BCUT2D eigenvalue weighted by Crippen LogP contribution is -2.41. The average Bonchev–Trinajstić information content (AvgIpc) is 2.75. The van der Waals surface area contributed by atoms with E-state index in [4.69, 9.17) is 11.6 Å². The number of ketones is 1. The molecule has 0 aromatic heterocycles. The van der Waals surface area contributed by atoms with Gasteiger partial charge in [-0.2, -0.15) is 0 Å². The number of carbonyl (C=O) groups excluding carboxylic acids is 2. The highest BCUT2D eigenvalue weighted by Crippen LogP contribution is 2.32. The molecule has 0 aliphatic heterocycles. The van der Waals surface area contributed by atoms with Crippen molar-refractivity contribution in [1.29, 1.82) is 0 Å². The van der Waals surface area contributed by atoms with Crippen molar-refractivity contribution in [3.63, 3.8) is 0 Å². The van der Waals surface area contributed by atoms with Gasteiger partial charge in [-0.25, -0.2) is 12.8 Å². The lowest BCUT2D eigenvalue weighted by Gasteiger charge is -2.31. The van der Waals surface area contributed by atoms with Crippen LogP contribution in [0.2, 0.25) is 5.02 Å². The summed E-state index contributed by atoms with van der Waals surface area (Å²) in [5.41, 5.74) is -0.0580. The smallest absolute Gasteiger partial charge is 0.264 e. The molecule has 2 rings (SSSR count). The van der Waals surface area contributed by atoms with Crippen molar-refractivity contribution in [2.45, 2.75) is 70.4 Å². The number of benzene rings is 2. The molecule has 1 N–H and O–H groups in total. The number of carbonyl (C=O) groups is 2. The average molecular weight is 637 g/mol. The van der Waals surface area contributed by atoms with Crippen molar-refractivity contribution < 1.29 is 22.4 Å². The van der Waals surface area contributed by atoms with Crippen molar-refractivity contribution >= 4 is 61.6 Å². The fourth-order valence-corrected chi connectivity index (χ4v) is 6.00. The molecule has 2 atom stereocenters. The summed E-state index contributed by atoms with van der Waals surface area (Å²) in [6.07, 6.45) is 1.34. The first kappa shape index (κ1) is 29.5. The minimum atomic E-state index is -4.12. The molecule has 0 radical (unpaired) electrons. The largest absolute Gasteiger partial charge is 0.346 e. The van der Waals surface area contributed by atoms with Gasteiger partial charge in [0.1, 0.15) is 5.82 Å². The Hall–Kier alpha value is -1.72. The first-order valence-electron chi connectivity index (χ1n) is 11.4. The second-order valence-corrected chi connectivity index (χ2v) is 12.4. The number of hydrogen-bond donors (Lipinski definition) is 1. The Balaban J connectivity index is 2.23. The molecular formula is C25H31ClFIN2O4S. The van der Waals surface area contributed by atoms with E-state index < -0.39 is 27.9 Å². The van der Waals surface area contributed by atoms with Crippen molar-refractivity contribution in [3.8, 4) is 0 Å². The molecule has 0 spiro atoms. The molecule has 0 heterocycles. The molecule has 10 heteroatoms. The fraction of sp³-hybridized carbons (Fsp3) is 0.440. The molecule has 2 aromatic rings. The summed E-state index contributed by atoms with van der Waals surface area (Å²) in [4.78, 5) is 24.3. The van der Waals surface area contributed by atoms with Crippen molar-refractivity contribution in [3.05, 3.63) is 56.9 Å². The highest BCUT2D eigenvalue weighted by molar-refractivity contribution is 14.1. The Bertz CT molecular complexity index is 1140. The fourth-order valence-electron chi connectivity index (χ4n) is 3.72. The second kappa shape index (κ2) is 13.0. The van der Waals surface area contributed by atoms with Gasteiger partial charge < -0.3 is 5.32 Å². The summed E-state index contributed by atoms with van der Waals surface area (Å²) in [7, 11) is -4.12. The number of sulfonamides is 1. The van der Waals surface area contributed by atoms with Crippen LogP contribution in [0.25, 0.3) is 0 Å². The summed E-state index contributed by atoms with van der Waals surface area (Å²) in [6, 6.07) is 8.79. The van der Waals surface area contributed by atoms with Gasteiger partial charge in [-0.3, -0.25) is 13.9 Å². The van der Waals surface area contributed by atoms with E-state index >= 15 is 0 Å². The minimum absolute atomic E-state index is 0.0114. The quantitative estimate of drug-likeness (QED) is 0.292. The maximum absolute atomic E-state index is 14.8. The van der Waals surface area contributed by atoms with Gasteiger partial charge in [0.25, 0.3) is 10.0 Å². The molecule has 0 unspecified atom stereocenters. The van der Waals surface area contributed by atoms with Crippen LogP contribution in [-0.4, -0.2) is 32.2 Å². The van der Waals surface area contributed by atoms with Crippen LogP contribution in [0.5, 0.6) is 0 Å². The lowest BCUT2D eigenvalue weighted by molar-refractivity contribution is -0.127. The number of nitrogens with zero attached hydrogens (tertiary/aromatic N) is 1. The molecule has 0 aliphatic carbocycles. The van der Waals surface area contributed by atoms with Crippen molar-refractivity contribution in [2.75, 3.05) is 4.31 Å². The summed E-state index contributed by atoms with van der Waals surface area (Å²) in [5, 5.41) is 3.15. The van der Waals surface area contributed by atoms with Crippen LogP contribution in [-0.2, 0) is 19.6 Å². The monoisotopic (exact) mass is 636 g/mol. The van der Waals surface area contributed by atoms with Gasteiger partial charge in [-0.15, -0.1) is 0 Å². The van der Waals surface area contributed by atoms with Gasteiger partial charge >= 0.3 is 0 Å². The van der Waals surface area contributed by atoms with E-state index in [9.17, 15) is 22.4 Å². The van der Waals surface area contributed by atoms with E-state index in [-0.39, 0.29) is 34.6 Å². The maximum Gasteiger partial charge on any atom is 0.264 e. The number of hydrogen-bond acceptors (Lipinski definition) is 4. The molecule has 0 saturated heterocycles. The molecule has 35 heavy (non-hydrogen) atoms. The number of halogens is 3. The normalized spacial score (nSPS) is 13.4. The van der Waals surface area contributed by atoms with Crippen LogP contribution in [0.4, 0.5) is 10.1 Å². The van der Waals surface area contributed by atoms with Crippen LogP contribution in [0.3, 0.4) is 0 Å². The topological polar surface area (TPSA) is 83.6 Å². The number of Topliss-reactive ketones (excluding diaryl/α,β-unsaturated/α-hetero) is 1. The lowest BCUT2D eigenvalue weighted by atomic mass is 10.0. The molecule has 192 valence electrons. The predicted molar refractivity (Wildman–Crippen MR) is 146 cm³/mol. The van der Waals surface area contributed by atoms with Crippen LogP contribution >= 0.6 is 34.2 Å². The summed E-state index contributed by atoms with van der Waals surface area (Å²) < 4.78 is 43.7. The summed E-state index contributed by atoms with van der Waals surface area (Å²) >= 11 is 7.92. The number of nitrogens with one attached hydrogen (secondary N) is 1. The minimum Gasteiger partial charge on any atom is -0.346 e. The molecular weight excluding hydrogens is 606 g/mol. The Morgan fingerprint density at radius 3 is 2.31 bits per heavy atom. The molecule has 2 aromatic carbocycles. The third kappa shape index (κ3) is 8.42. The molecule has 0 bridgehead atoms. The van der Waals surface area contributed by atoms with E-state index in [1.165, 1.54) is 43.3 Å². The van der Waals surface area contributed by atoms with Gasteiger partial charge in [-0.05, 0) is 104 Å². The zero-order valence-electron chi connectivity index (χ0n) is 20.2. The molecule has 1 amide bonds. The van der Waals surface area contributed by atoms with E-state index in [0.29, 0.717) is 27.9 Å². The van der Waals surface area contributed by atoms with E-state index in [2.05, 4.69) is 5.32 Å². The number of rotatable bonds is 12. The number of amides is 1. The zero-order valence-corrected chi connectivity index (χ0v) is 24.0. The third-order valence-electron chi connectivity index (χ3n) is 5.48. The van der Waals surface area contributed by atoms with Gasteiger partial charge in [0.15, 0.2) is 5.78 Å². The Morgan fingerprint density at radius 2 is 1.74 bits per heavy atom. The molecule has 0 saturated carbocycles. The van der Waals surface area contributed by atoms with Gasteiger partial charge in [-0.1, -0.05) is 25.4 Å². The van der Waals surface area contributed by atoms with Crippen LogP contribution in [0, 0.1) is 15.3 Å². The van der Waals surface area contributed by atoms with Gasteiger partial charge in [0, 0.05) is 21.1 Å². The van der Waals surface area contributed by atoms with E-state index in [1.54, 1.807) is 13.0 Å². The standard InChI is InChI=1S/C25H31ClFIN2O4S/c1-16(2)14-23(18(4)31)29-25(32)7-5-6-17(3)30(24-15-20(28)10-13-22(24)27)35(33,34)21-11-8-19(26)9-12-21/h8-13,15-17,23H,5-7,14H2,1-4H3,(H,29,32)/t17-,23+/m1/s1. The number of anilines is 1. The molecule has 0 aliphatic rings. The second-order valence-electron chi connectivity index (χ2n) is 8.95. The summed E-state index contributed by atoms with van der Waals surface area (Å²) in [6.45, 7) is 7.08. The van der Waals surface area contributed by atoms with Crippen LogP contribution in [0.15, 0.2) is 47.4 Å². The van der Waals surface area contributed by atoms with E-state index in [0.717, 1.165) is 4.31 Å².